The van der Waals surface area contributed by atoms with E-state index in [4.69, 9.17) is 14.3 Å². The van der Waals surface area contributed by atoms with Gasteiger partial charge in [0.25, 0.3) is 11.9 Å². The van der Waals surface area contributed by atoms with E-state index in [0.717, 1.165) is 27.8 Å². The number of aromatic carboxylic acids is 1. The van der Waals surface area contributed by atoms with E-state index in [2.05, 4.69) is 35.3 Å². The molecule has 0 saturated carbocycles. The van der Waals surface area contributed by atoms with Gasteiger partial charge in [-0.25, -0.2) is 4.79 Å². The molecule has 1 aromatic heterocycles. The van der Waals surface area contributed by atoms with Crippen LogP contribution in [-0.4, -0.2) is 58.3 Å². The summed E-state index contributed by atoms with van der Waals surface area (Å²) in [5.74, 6) is -1.02. The highest BCUT2D eigenvalue weighted by molar-refractivity contribution is 6.01. The lowest BCUT2D eigenvalue weighted by Gasteiger charge is -2.12. The summed E-state index contributed by atoms with van der Waals surface area (Å²) in [5.41, 5.74) is 7.21. The number of aromatic nitrogens is 2. The molecule has 4 aromatic carbocycles. The van der Waals surface area contributed by atoms with Crippen molar-refractivity contribution in [1.82, 2.24) is 14.5 Å². The van der Waals surface area contributed by atoms with Gasteiger partial charge in [0.1, 0.15) is 0 Å². The molecular weight excluding hydrogens is 534 g/mol. The number of carbonyl (C=O) groups is 2. The number of benzene rings is 4. The van der Waals surface area contributed by atoms with Crippen molar-refractivity contribution >= 4 is 29.1 Å². The first-order chi connectivity index (χ1) is 20.3. The highest BCUT2D eigenvalue weighted by Gasteiger charge is 2.19. The fourth-order valence-electron chi connectivity index (χ4n) is 4.65. The lowest BCUT2D eigenvalue weighted by molar-refractivity contribution is -0.191. The number of rotatable bonds is 8. The van der Waals surface area contributed by atoms with Crippen LogP contribution in [0.25, 0.3) is 33.3 Å². The summed E-state index contributed by atoms with van der Waals surface area (Å²) in [6.45, 7) is 2.73. The number of carboxylic acids is 1. The zero-order valence-electron chi connectivity index (χ0n) is 23.4. The number of hydrogen-bond donors (Lipinski definition) is 1. The number of para-hydroxylation sites is 1. The summed E-state index contributed by atoms with van der Waals surface area (Å²) in [6, 6.07) is 29.6. The molecule has 0 fully saturated rings. The average Bonchev–Trinajstić information content (AvgIpc) is 3.34. The minimum Gasteiger partial charge on any atom is -0.478 e. The zero-order chi connectivity index (χ0) is 30.2. The van der Waals surface area contributed by atoms with E-state index < -0.39 is 5.97 Å². The number of carbonyl (C=O) groups excluding carboxylic acids is 3. The molecule has 0 spiro atoms. The van der Waals surface area contributed by atoms with Gasteiger partial charge in [-0.15, -0.1) is 0 Å². The molecule has 0 aliphatic heterocycles. The van der Waals surface area contributed by atoms with Gasteiger partial charge >= 0.3 is 12.1 Å². The molecule has 42 heavy (non-hydrogen) atoms. The highest BCUT2D eigenvalue weighted by Crippen LogP contribution is 2.29. The predicted molar refractivity (Wildman–Crippen MR) is 157 cm³/mol. The normalized spacial score (nSPS) is 10.4. The second-order valence-corrected chi connectivity index (χ2v) is 9.53. The molecule has 9 heteroatoms. The highest BCUT2D eigenvalue weighted by atomic mass is 16.5. The van der Waals surface area contributed by atoms with Crippen molar-refractivity contribution < 1.29 is 29.0 Å². The van der Waals surface area contributed by atoms with Crippen molar-refractivity contribution in [3.05, 3.63) is 108 Å². The van der Waals surface area contributed by atoms with E-state index in [1.54, 1.807) is 37.2 Å². The smallest absolute Gasteiger partial charge is 0.373 e. The minimum atomic E-state index is -1.00. The summed E-state index contributed by atoms with van der Waals surface area (Å²) in [6.07, 6.45) is 0.250. The molecule has 0 radical (unpaired) electrons. The largest absolute Gasteiger partial charge is 0.478 e. The molecule has 0 atom stereocenters. The predicted octanol–water partition coefficient (Wildman–Crippen LogP) is 5.63. The number of imidazole rings is 1. The standard InChI is InChI=1S/C32H29N3O4.CO2/c1-4-39-32-33-28-10-6-9-27(31(37)38)29(28)35(32)20-21-11-13-22(14-12-21)25-7-5-8-26(19-25)23-15-17-24(18-16-23)30(36)34(2)3;2-1-3/h5-19H,4,20H2,1-3H3,(H,37,38);. The quantitative estimate of drug-likeness (QED) is 0.260. The molecule has 5 aromatic rings. The molecule has 1 heterocycles. The lowest BCUT2D eigenvalue weighted by atomic mass is 9.97. The topological polar surface area (TPSA) is 119 Å². The maximum atomic E-state index is 12.2. The third-order valence-electron chi connectivity index (χ3n) is 6.60. The Labute approximate surface area is 242 Å². The fraction of sp³-hybridized carbons (Fsp3) is 0.152. The molecule has 0 bridgehead atoms. The third-order valence-corrected chi connectivity index (χ3v) is 6.60. The Balaban J connectivity index is 0.00000129. The number of amides is 1. The lowest BCUT2D eigenvalue weighted by Crippen LogP contribution is -2.21. The van der Waals surface area contributed by atoms with E-state index >= 15 is 0 Å². The molecule has 1 amide bonds. The van der Waals surface area contributed by atoms with Gasteiger partial charge in [-0.1, -0.05) is 60.7 Å². The van der Waals surface area contributed by atoms with Crippen LogP contribution in [0.3, 0.4) is 0 Å². The van der Waals surface area contributed by atoms with Gasteiger partial charge in [0.15, 0.2) is 0 Å². The molecule has 0 unspecified atom stereocenters. The zero-order valence-corrected chi connectivity index (χ0v) is 23.4. The fourth-order valence-corrected chi connectivity index (χ4v) is 4.65. The molecule has 9 nitrogen and oxygen atoms in total. The SMILES string of the molecule is CCOc1nc2cccc(C(=O)O)c2n1Cc1ccc(-c2cccc(-c3ccc(C(=O)N(C)C)cc3)c2)cc1.O=C=O. The maximum absolute atomic E-state index is 12.2. The Morgan fingerprint density at radius 2 is 1.43 bits per heavy atom. The van der Waals surface area contributed by atoms with Crippen molar-refractivity contribution in [2.24, 2.45) is 0 Å². The molecule has 0 aliphatic carbocycles. The number of carboxylic acid groups (broad SMARTS) is 1. The van der Waals surface area contributed by atoms with Crippen LogP contribution in [-0.2, 0) is 16.1 Å². The van der Waals surface area contributed by atoms with Crippen LogP contribution in [0.5, 0.6) is 6.01 Å². The number of hydrogen-bond acceptors (Lipinski definition) is 6. The van der Waals surface area contributed by atoms with E-state index in [0.29, 0.717) is 35.8 Å². The van der Waals surface area contributed by atoms with Crippen molar-refractivity contribution in [2.45, 2.75) is 13.5 Å². The van der Waals surface area contributed by atoms with Crippen molar-refractivity contribution in [3.63, 3.8) is 0 Å². The summed E-state index contributed by atoms with van der Waals surface area (Å²) < 4.78 is 7.57. The summed E-state index contributed by atoms with van der Waals surface area (Å²) in [5, 5.41) is 9.74. The van der Waals surface area contributed by atoms with Gasteiger partial charge in [0.2, 0.25) is 0 Å². The van der Waals surface area contributed by atoms with Crippen LogP contribution in [0.2, 0.25) is 0 Å². The van der Waals surface area contributed by atoms with Crippen LogP contribution in [0.1, 0.15) is 33.2 Å². The van der Waals surface area contributed by atoms with Gasteiger partial charge in [-0.05, 0) is 65.1 Å². The number of nitrogens with zero attached hydrogens (tertiary/aromatic N) is 3. The summed E-state index contributed by atoms with van der Waals surface area (Å²) in [7, 11) is 3.49. The molecule has 212 valence electrons. The van der Waals surface area contributed by atoms with E-state index in [-0.39, 0.29) is 17.6 Å². The Morgan fingerprint density at radius 3 is 1.98 bits per heavy atom. The monoisotopic (exact) mass is 563 g/mol. The van der Waals surface area contributed by atoms with Crippen LogP contribution >= 0.6 is 0 Å². The molecule has 0 aliphatic rings. The number of ether oxygens (including phenoxy) is 1. The number of fused-ring (bicyclic) bond motifs is 1. The van der Waals surface area contributed by atoms with E-state index in [1.165, 1.54) is 0 Å². The van der Waals surface area contributed by atoms with E-state index in [1.807, 2.05) is 54.0 Å². The molecular formula is C33H29N3O6. The van der Waals surface area contributed by atoms with Gasteiger partial charge in [0, 0.05) is 19.7 Å². The molecule has 1 N–H and O–H groups in total. The Bertz CT molecular complexity index is 1750. The third kappa shape index (κ3) is 6.43. The maximum Gasteiger partial charge on any atom is 0.373 e. The molecule has 5 rings (SSSR count). The summed E-state index contributed by atoms with van der Waals surface area (Å²) in [4.78, 5) is 46.4. The average molecular weight is 564 g/mol. The van der Waals surface area contributed by atoms with Crippen LogP contribution < -0.4 is 4.74 Å². The van der Waals surface area contributed by atoms with Crippen LogP contribution in [0, 0.1) is 0 Å². The molecule has 0 saturated heterocycles. The Hall–Kier alpha value is -5.53. The first kappa shape index (κ1) is 29.5. The van der Waals surface area contributed by atoms with Gasteiger partial charge in [-0.3, -0.25) is 9.36 Å². The Morgan fingerprint density at radius 1 is 0.857 bits per heavy atom. The van der Waals surface area contributed by atoms with E-state index in [9.17, 15) is 14.7 Å². The van der Waals surface area contributed by atoms with Crippen molar-refractivity contribution in [3.8, 4) is 28.3 Å². The second-order valence-electron chi connectivity index (χ2n) is 9.53. The van der Waals surface area contributed by atoms with Crippen LogP contribution in [0.4, 0.5) is 0 Å². The van der Waals surface area contributed by atoms with Gasteiger partial charge in [-0.2, -0.15) is 14.6 Å². The van der Waals surface area contributed by atoms with Crippen LogP contribution in [0.15, 0.2) is 91.0 Å². The first-order valence-corrected chi connectivity index (χ1v) is 13.1. The van der Waals surface area contributed by atoms with Crippen molar-refractivity contribution in [1.29, 1.82) is 0 Å². The second kappa shape index (κ2) is 13.2. The first-order valence-electron chi connectivity index (χ1n) is 13.1. The van der Waals surface area contributed by atoms with Crippen molar-refractivity contribution in [2.75, 3.05) is 20.7 Å². The minimum absolute atomic E-state index is 0.0216. The Kier molecular flexibility index (Phi) is 9.27. The van der Waals surface area contributed by atoms with Gasteiger partial charge < -0.3 is 14.7 Å². The summed E-state index contributed by atoms with van der Waals surface area (Å²) >= 11 is 0. The van der Waals surface area contributed by atoms with Gasteiger partial charge in [0.05, 0.1) is 29.7 Å².